The topological polar surface area (TPSA) is 180 Å². The number of hydrogen-bond donors (Lipinski definition) is 3. The van der Waals surface area contributed by atoms with E-state index in [1.807, 2.05) is 32.0 Å². The summed E-state index contributed by atoms with van der Waals surface area (Å²) in [6, 6.07) is 10.2. The van der Waals surface area contributed by atoms with Gasteiger partial charge in [-0.1, -0.05) is 17.7 Å². The molecule has 4 fully saturated rings. The summed E-state index contributed by atoms with van der Waals surface area (Å²) in [5.41, 5.74) is 2.41. The molecular formula is C46H53ClFN9O7. The molecule has 4 aliphatic heterocycles. The first-order valence-electron chi connectivity index (χ1n) is 22.3. The molecule has 16 nitrogen and oxygen atoms in total. The van der Waals surface area contributed by atoms with Gasteiger partial charge in [0.2, 0.25) is 17.8 Å². The maximum Gasteiger partial charge on any atom is 0.293 e. The van der Waals surface area contributed by atoms with Crippen LogP contribution in [-0.2, 0) is 25.7 Å². The lowest BCUT2D eigenvalue weighted by molar-refractivity contribution is -0.137. The number of anilines is 3. The molecule has 0 spiro atoms. The first kappa shape index (κ1) is 43.6. The summed E-state index contributed by atoms with van der Waals surface area (Å²) >= 11 is 6.59. The Morgan fingerprint density at radius 1 is 0.984 bits per heavy atom. The van der Waals surface area contributed by atoms with Crippen molar-refractivity contribution in [2.75, 3.05) is 50.1 Å². The van der Waals surface area contributed by atoms with Gasteiger partial charge in [-0.05, 0) is 114 Å². The van der Waals surface area contributed by atoms with Crippen LogP contribution in [0.2, 0.25) is 5.02 Å². The highest BCUT2D eigenvalue weighted by Crippen LogP contribution is 2.39. The van der Waals surface area contributed by atoms with Gasteiger partial charge in [0.25, 0.3) is 17.4 Å². The van der Waals surface area contributed by atoms with Crippen LogP contribution in [0.5, 0.6) is 5.75 Å². The largest absolute Gasteiger partial charge is 0.478 e. The second-order valence-corrected chi connectivity index (χ2v) is 18.2. The summed E-state index contributed by atoms with van der Waals surface area (Å²) < 4.78 is 29.8. The first-order valence-corrected chi connectivity index (χ1v) is 22.7. The van der Waals surface area contributed by atoms with Crippen molar-refractivity contribution in [3.05, 3.63) is 80.5 Å². The van der Waals surface area contributed by atoms with Gasteiger partial charge in [-0.25, -0.2) is 9.37 Å². The van der Waals surface area contributed by atoms with E-state index in [-0.39, 0.29) is 85.0 Å². The van der Waals surface area contributed by atoms with E-state index in [0.717, 1.165) is 75.6 Å². The Labute approximate surface area is 374 Å². The lowest BCUT2D eigenvalue weighted by Gasteiger charge is -2.47. The fourth-order valence-corrected chi connectivity index (χ4v) is 10.0. The number of carbonyl (C=O) groups is 4. The summed E-state index contributed by atoms with van der Waals surface area (Å²) in [6.07, 6.45) is 7.63. The van der Waals surface area contributed by atoms with E-state index >= 15 is 4.39 Å². The number of nitrogens with one attached hydrogen (secondary N) is 3. The van der Waals surface area contributed by atoms with Gasteiger partial charge in [0.05, 0.1) is 30.5 Å². The van der Waals surface area contributed by atoms with E-state index in [1.54, 1.807) is 29.0 Å². The van der Waals surface area contributed by atoms with Gasteiger partial charge in [-0.3, -0.25) is 29.3 Å². The Kier molecular flexibility index (Phi) is 12.3. The van der Waals surface area contributed by atoms with Crippen molar-refractivity contribution in [3.8, 4) is 5.75 Å². The maximum atomic E-state index is 16.0. The number of ether oxygens (including phenoxy) is 2. The van der Waals surface area contributed by atoms with Gasteiger partial charge in [0.15, 0.2) is 18.2 Å². The predicted molar refractivity (Wildman–Crippen MR) is 238 cm³/mol. The number of fused-ring (bicyclic) bond motifs is 2. The van der Waals surface area contributed by atoms with Gasteiger partial charge in [-0.15, -0.1) is 0 Å². The van der Waals surface area contributed by atoms with E-state index < -0.39 is 11.9 Å². The molecule has 4 amide bonds. The lowest BCUT2D eigenvalue weighted by Crippen LogP contribution is -2.52. The molecule has 2 aromatic carbocycles. The van der Waals surface area contributed by atoms with Gasteiger partial charge >= 0.3 is 0 Å². The second kappa shape index (κ2) is 18.1. The van der Waals surface area contributed by atoms with Crippen molar-refractivity contribution in [3.63, 3.8) is 0 Å². The third-order valence-corrected chi connectivity index (χ3v) is 13.8. The van der Waals surface area contributed by atoms with E-state index in [4.69, 9.17) is 26.1 Å². The molecule has 9 rings (SSSR count). The standard InChI is InChI=1S/C46H53ClFN9O7/c1-25(2)57-36-7-4-28(18-27(36)19-38(45(57)62)63-24-40(59)49-3)51-42-35(47)22-50-46(53-42)55-16-12-30(13-17-55)64-31-20-29(21-31)54-14-10-26(11-15-54)32-5-6-33-34(41(32)48)23-56(44(33)61)37-8-9-39(58)52-43(37)60/h4-7,18-19,22,25-26,29-31,37H,8-17,20-21,23-24H2,1-3H3,(H,49,59)(H,50,51,53)(H,52,58,60)/t29?,31?,37-/m0/s1. The van der Waals surface area contributed by atoms with Crippen molar-refractivity contribution in [1.82, 2.24) is 35.0 Å². The van der Waals surface area contributed by atoms with E-state index in [2.05, 4.69) is 30.7 Å². The van der Waals surface area contributed by atoms with E-state index in [9.17, 15) is 24.0 Å². The lowest BCUT2D eigenvalue weighted by atomic mass is 9.83. The molecule has 64 heavy (non-hydrogen) atoms. The molecule has 1 saturated carbocycles. The van der Waals surface area contributed by atoms with Crippen LogP contribution in [0.25, 0.3) is 10.9 Å². The number of benzene rings is 2. The smallest absolute Gasteiger partial charge is 0.293 e. The zero-order valence-corrected chi connectivity index (χ0v) is 37.0. The van der Waals surface area contributed by atoms with Crippen LogP contribution < -0.4 is 31.1 Å². The molecule has 2 aromatic heterocycles. The van der Waals surface area contributed by atoms with Crippen LogP contribution in [0.15, 0.2) is 47.4 Å². The molecule has 1 atom stereocenters. The third-order valence-electron chi connectivity index (χ3n) is 13.5. The number of hydrogen-bond acceptors (Lipinski definition) is 12. The summed E-state index contributed by atoms with van der Waals surface area (Å²) in [5.74, 6) is -0.732. The normalized spacial score (nSPS) is 22.2. The molecular weight excluding hydrogens is 845 g/mol. The minimum atomic E-state index is -0.769. The molecule has 338 valence electrons. The third kappa shape index (κ3) is 8.64. The van der Waals surface area contributed by atoms with Crippen molar-refractivity contribution < 1.29 is 33.0 Å². The van der Waals surface area contributed by atoms with Gasteiger partial charge in [0, 0.05) is 60.8 Å². The minimum absolute atomic E-state index is 0.0380. The molecule has 0 bridgehead atoms. The number of imide groups is 1. The zero-order valence-electron chi connectivity index (χ0n) is 36.2. The van der Waals surface area contributed by atoms with Crippen LogP contribution in [0.4, 0.5) is 21.8 Å². The van der Waals surface area contributed by atoms with Crippen LogP contribution in [0.1, 0.15) is 98.7 Å². The number of nitrogens with zero attached hydrogens (tertiary/aromatic N) is 6. The Morgan fingerprint density at radius 2 is 1.75 bits per heavy atom. The number of halogens is 2. The Morgan fingerprint density at radius 3 is 2.47 bits per heavy atom. The average molecular weight is 898 g/mol. The molecule has 0 unspecified atom stereocenters. The zero-order chi connectivity index (χ0) is 44.8. The summed E-state index contributed by atoms with van der Waals surface area (Å²) in [7, 11) is 1.51. The minimum Gasteiger partial charge on any atom is -0.478 e. The molecule has 18 heteroatoms. The SMILES string of the molecule is CNC(=O)COc1cc2cc(Nc3nc(N4CCC(OC5CC(N6CCC(c7ccc8c(c7F)CN([C@H]7CCC(=O)NC7=O)C8=O)CC6)C5)CC4)ncc3Cl)ccc2n(C(C)C)c1=O. The number of likely N-dealkylation sites (N-methyl/N-ethyl adjacent to an activating group) is 1. The van der Waals surface area contributed by atoms with Gasteiger partial charge in [-0.2, -0.15) is 4.98 Å². The molecule has 3 saturated heterocycles. The Hall–Kier alpha value is -5.65. The van der Waals surface area contributed by atoms with Crippen LogP contribution in [0, 0.1) is 5.82 Å². The van der Waals surface area contributed by atoms with Crippen molar-refractivity contribution in [2.24, 2.45) is 0 Å². The fraction of sp³-hybridized carbons (Fsp3) is 0.500. The number of pyridine rings is 1. The highest BCUT2D eigenvalue weighted by molar-refractivity contribution is 6.33. The average Bonchev–Trinajstić information content (AvgIpc) is 3.61. The highest BCUT2D eigenvalue weighted by Gasteiger charge is 2.42. The summed E-state index contributed by atoms with van der Waals surface area (Å²) in [6.45, 7) is 6.81. The summed E-state index contributed by atoms with van der Waals surface area (Å²) in [4.78, 5) is 77.7. The van der Waals surface area contributed by atoms with E-state index in [0.29, 0.717) is 45.2 Å². The fourth-order valence-electron chi connectivity index (χ4n) is 9.89. The van der Waals surface area contributed by atoms with Crippen molar-refractivity contribution in [1.29, 1.82) is 0 Å². The molecule has 6 heterocycles. The number of carbonyl (C=O) groups excluding carboxylic acids is 4. The monoisotopic (exact) mass is 897 g/mol. The molecule has 5 aliphatic rings. The van der Waals surface area contributed by atoms with E-state index in [1.165, 1.54) is 11.9 Å². The van der Waals surface area contributed by atoms with Crippen LogP contribution in [0.3, 0.4) is 0 Å². The molecule has 3 N–H and O–H groups in total. The number of piperidine rings is 3. The molecule has 0 radical (unpaired) electrons. The number of rotatable bonds is 12. The second-order valence-electron chi connectivity index (χ2n) is 17.8. The number of likely N-dealkylation sites (tertiary alicyclic amines) is 1. The summed E-state index contributed by atoms with van der Waals surface area (Å²) in [5, 5.41) is 9.23. The van der Waals surface area contributed by atoms with Gasteiger partial charge in [0.1, 0.15) is 16.9 Å². The number of amides is 4. The highest BCUT2D eigenvalue weighted by atomic mass is 35.5. The quantitative estimate of drug-likeness (QED) is 0.159. The van der Waals surface area contributed by atoms with Crippen molar-refractivity contribution >= 4 is 63.6 Å². The first-order chi connectivity index (χ1) is 30.8. The molecule has 4 aromatic rings. The van der Waals surface area contributed by atoms with Crippen LogP contribution in [-0.4, -0.2) is 112 Å². The Balaban J connectivity index is 0.746. The predicted octanol–water partition coefficient (Wildman–Crippen LogP) is 5.19. The maximum absolute atomic E-state index is 16.0. The van der Waals surface area contributed by atoms with Gasteiger partial charge < -0.3 is 39.4 Å². The Bertz CT molecular complexity index is 2550. The molecule has 1 aliphatic carbocycles. The van der Waals surface area contributed by atoms with Crippen molar-refractivity contribution in [2.45, 2.75) is 108 Å². The number of aromatic nitrogens is 3. The van der Waals surface area contributed by atoms with Crippen LogP contribution >= 0.6 is 11.6 Å².